The summed E-state index contributed by atoms with van der Waals surface area (Å²) in [4.78, 5) is 13.4. The Morgan fingerprint density at radius 2 is 1.96 bits per heavy atom. The van der Waals surface area contributed by atoms with Gasteiger partial charge >= 0.3 is 0 Å². The first-order valence-electron chi connectivity index (χ1n) is 8.55. The summed E-state index contributed by atoms with van der Waals surface area (Å²) in [6.07, 6.45) is 1.62. The highest BCUT2D eigenvalue weighted by Crippen LogP contribution is 2.23. The third kappa shape index (κ3) is 4.43. The van der Waals surface area contributed by atoms with Gasteiger partial charge in [0.15, 0.2) is 0 Å². The Labute approximate surface area is 143 Å². The number of morpholine rings is 1. The number of anilines is 3. The number of nitrogens with zero attached hydrogens (tertiary/aromatic N) is 4. The third-order valence-corrected chi connectivity index (χ3v) is 4.15. The Bertz CT molecular complexity index is 616. The van der Waals surface area contributed by atoms with Crippen molar-refractivity contribution in [3.63, 3.8) is 0 Å². The van der Waals surface area contributed by atoms with Crippen molar-refractivity contribution in [1.29, 1.82) is 0 Å². The van der Waals surface area contributed by atoms with E-state index in [-0.39, 0.29) is 0 Å². The van der Waals surface area contributed by atoms with Crippen LogP contribution in [0.3, 0.4) is 0 Å². The van der Waals surface area contributed by atoms with E-state index in [9.17, 15) is 0 Å². The highest BCUT2D eigenvalue weighted by molar-refractivity contribution is 5.61. The molecule has 6 heteroatoms. The number of benzene rings is 1. The van der Waals surface area contributed by atoms with Crippen molar-refractivity contribution in [2.45, 2.75) is 6.92 Å². The molecule has 1 fully saturated rings. The average molecular weight is 327 g/mol. The summed E-state index contributed by atoms with van der Waals surface area (Å²) in [5, 5.41) is 3.40. The summed E-state index contributed by atoms with van der Waals surface area (Å²) < 4.78 is 5.37. The minimum Gasteiger partial charge on any atom is -0.379 e. The Hall–Kier alpha value is -2.18. The molecule has 2 heterocycles. The molecule has 128 valence electrons. The normalized spacial score (nSPS) is 15.2. The van der Waals surface area contributed by atoms with Crippen LogP contribution in [0.25, 0.3) is 0 Å². The largest absolute Gasteiger partial charge is 0.379 e. The van der Waals surface area contributed by atoms with Gasteiger partial charge in [-0.1, -0.05) is 18.2 Å². The van der Waals surface area contributed by atoms with Crippen LogP contribution in [0.15, 0.2) is 42.7 Å². The molecule has 1 N–H and O–H groups in total. The van der Waals surface area contributed by atoms with Crippen LogP contribution >= 0.6 is 0 Å². The Morgan fingerprint density at radius 1 is 1.17 bits per heavy atom. The quantitative estimate of drug-likeness (QED) is 0.843. The minimum atomic E-state index is 0.834. The number of aromatic nitrogens is 2. The topological polar surface area (TPSA) is 53.5 Å². The van der Waals surface area contributed by atoms with Crippen molar-refractivity contribution in [1.82, 2.24) is 14.9 Å². The lowest BCUT2D eigenvalue weighted by Crippen LogP contribution is -2.39. The second-order valence-electron chi connectivity index (χ2n) is 5.72. The van der Waals surface area contributed by atoms with Gasteiger partial charge in [-0.3, -0.25) is 4.90 Å². The molecule has 1 aliphatic rings. The van der Waals surface area contributed by atoms with Crippen LogP contribution in [0.2, 0.25) is 0 Å². The lowest BCUT2D eigenvalue weighted by Gasteiger charge is -2.26. The smallest absolute Gasteiger partial charge is 0.138 e. The van der Waals surface area contributed by atoms with Gasteiger partial charge in [-0.05, 0) is 19.1 Å². The van der Waals surface area contributed by atoms with Crippen molar-refractivity contribution in [3.05, 3.63) is 42.7 Å². The summed E-state index contributed by atoms with van der Waals surface area (Å²) in [6.45, 7) is 8.53. The van der Waals surface area contributed by atoms with E-state index in [0.717, 1.165) is 63.3 Å². The highest BCUT2D eigenvalue weighted by atomic mass is 16.5. The van der Waals surface area contributed by atoms with Crippen molar-refractivity contribution < 1.29 is 4.74 Å². The Morgan fingerprint density at radius 3 is 2.71 bits per heavy atom. The molecule has 0 saturated carbocycles. The predicted molar refractivity (Wildman–Crippen MR) is 96.9 cm³/mol. The zero-order valence-electron chi connectivity index (χ0n) is 14.2. The van der Waals surface area contributed by atoms with E-state index in [1.165, 1.54) is 0 Å². The van der Waals surface area contributed by atoms with E-state index in [1.54, 1.807) is 6.33 Å². The van der Waals surface area contributed by atoms with Crippen molar-refractivity contribution >= 4 is 17.3 Å². The van der Waals surface area contributed by atoms with Crippen LogP contribution in [0, 0.1) is 0 Å². The van der Waals surface area contributed by atoms with Gasteiger partial charge < -0.3 is 15.0 Å². The molecule has 0 atom stereocenters. The molecule has 1 aliphatic heterocycles. The fraction of sp³-hybridized carbons (Fsp3) is 0.444. The zero-order chi connectivity index (χ0) is 16.6. The summed E-state index contributed by atoms with van der Waals surface area (Å²) in [6, 6.07) is 12.3. The van der Waals surface area contributed by atoms with Gasteiger partial charge in [0.05, 0.1) is 13.2 Å². The third-order valence-electron chi connectivity index (χ3n) is 4.15. The molecule has 0 aliphatic carbocycles. The van der Waals surface area contributed by atoms with Crippen LogP contribution in [0.5, 0.6) is 0 Å². The van der Waals surface area contributed by atoms with Gasteiger partial charge in [-0.15, -0.1) is 0 Å². The molecule has 0 spiro atoms. The maximum absolute atomic E-state index is 5.37. The first-order chi connectivity index (χ1) is 11.9. The summed E-state index contributed by atoms with van der Waals surface area (Å²) in [5.74, 6) is 1.77. The Kier molecular flexibility index (Phi) is 5.98. The number of rotatable bonds is 7. The van der Waals surface area contributed by atoms with Gasteiger partial charge in [-0.25, -0.2) is 9.97 Å². The summed E-state index contributed by atoms with van der Waals surface area (Å²) in [7, 11) is 0. The molecule has 3 rings (SSSR count). The number of nitrogens with one attached hydrogen (secondary N) is 1. The maximum atomic E-state index is 5.37. The second kappa shape index (κ2) is 8.61. The molecule has 0 amide bonds. The van der Waals surface area contributed by atoms with Crippen LogP contribution in [-0.4, -0.2) is 60.8 Å². The molecular formula is C18H25N5O. The van der Waals surface area contributed by atoms with Gasteiger partial charge in [0.25, 0.3) is 0 Å². The van der Waals surface area contributed by atoms with E-state index in [4.69, 9.17) is 4.74 Å². The van der Waals surface area contributed by atoms with Gasteiger partial charge in [0, 0.05) is 44.5 Å². The second-order valence-corrected chi connectivity index (χ2v) is 5.72. The predicted octanol–water partition coefficient (Wildman–Crippen LogP) is 2.38. The zero-order valence-corrected chi connectivity index (χ0v) is 14.2. The van der Waals surface area contributed by atoms with Crippen LogP contribution in [-0.2, 0) is 4.74 Å². The lowest BCUT2D eigenvalue weighted by atomic mass is 10.3. The number of ether oxygens (including phenoxy) is 1. The molecule has 1 aromatic carbocycles. The van der Waals surface area contributed by atoms with E-state index >= 15 is 0 Å². The fourth-order valence-electron chi connectivity index (χ4n) is 2.84. The standard InChI is InChI=1S/C18H25N5O/c1-2-23(16-6-4-3-5-7-16)18-14-17(20-15-21-18)19-8-9-22-10-12-24-13-11-22/h3-7,14-15H,2,8-13H2,1H3,(H,19,20,21). The fourth-order valence-corrected chi connectivity index (χ4v) is 2.84. The molecule has 24 heavy (non-hydrogen) atoms. The average Bonchev–Trinajstić information content (AvgIpc) is 2.65. The minimum absolute atomic E-state index is 0.834. The SMILES string of the molecule is CCN(c1ccccc1)c1cc(NCCN2CCOCC2)ncn1. The van der Waals surface area contributed by atoms with E-state index in [1.807, 2.05) is 24.3 Å². The van der Waals surface area contributed by atoms with Crippen molar-refractivity contribution in [2.24, 2.45) is 0 Å². The first kappa shape index (κ1) is 16.7. The molecule has 0 unspecified atom stereocenters. The molecule has 2 aromatic rings. The van der Waals surface area contributed by atoms with Crippen molar-refractivity contribution in [2.75, 3.05) is 56.2 Å². The number of hydrogen-bond acceptors (Lipinski definition) is 6. The van der Waals surface area contributed by atoms with Gasteiger partial charge in [0.1, 0.15) is 18.0 Å². The number of hydrogen-bond donors (Lipinski definition) is 1. The first-order valence-corrected chi connectivity index (χ1v) is 8.55. The van der Waals surface area contributed by atoms with Gasteiger partial charge in [0.2, 0.25) is 0 Å². The molecule has 0 bridgehead atoms. The summed E-state index contributed by atoms with van der Waals surface area (Å²) in [5.41, 5.74) is 1.14. The summed E-state index contributed by atoms with van der Waals surface area (Å²) >= 11 is 0. The molecule has 1 saturated heterocycles. The van der Waals surface area contributed by atoms with E-state index < -0.39 is 0 Å². The Balaban J connectivity index is 1.60. The highest BCUT2D eigenvalue weighted by Gasteiger charge is 2.11. The van der Waals surface area contributed by atoms with Crippen LogP contribution < -0.4 is 10.2 Å². The monoisotopic (exact) mass is 327 g/mol. The number of para-hydroxylation sites is 1. The van der Waals surface area contributed by atoms with E-state index in [0.29, 0.717) is 0 Å². The van der Waals surface area contributed by atoms with E-state index in [2.05, 4.69) is 44.1 Å². The molecule has 6 nitrogen and oxygen atoms in total. The van der Waals surface area contributed by atoms with Crippen LogP contribution in [0.4, 0.5) is 17.3 Å². The lowest BCUT2D eigenvalue weighted by molar-refractivity contribution is 0.0398. The maximum Gasteiger partial charge on any atom is 0.138 e. The molecule has 1 aromatic heterocycles. The van der Waals surface area contributed by atoms with Crippen LogP contribution in [0.1, 0.15) is 6.92 Å². The molecule has 0 radical (unpaired) electrons. The molecular weight excluding hydrogens is 302 g/mol. The van der Waals surface area contributed by atoms with Gasteiger partial charge in [-0.2, -0.15) is 0 Å². The van der Waals surface area contributed by atoms with Crippen molar-refractivity contribution in [3.8, 4) is 0 Å².